The van der Waals surface area contributed by atoms with Gasteiger partial charge in [-0.25, -0.2) is 4.39 Å². The van der Waals surface area contributed by atoms with Gasteiger partial charge in [-0.3, -0.25) is 4.79 Å². The molecule has 0 aromatic heterocycles. The van der Waals surface area contributed by atoms with E-state index in [9.17, 15) is 9.18 Å². The molecule has 0 bridgehead atoms. The lowest BCUT2D eigenvalue weighted by Crippen LogP contribution is -2.31. The fourth-order valence-electron chi connectivity index (χ4n) is 1.96. The maximum atomic E-state index is 13.6. The largest absolute Gasteiger partial charge is 0.339 e. The molecule has 0 atom stereocenters. The van der Waals surface area contributed by atoms with Crippen molar-refractivity contribution >= 4 is 23.6 Å². The van der Waals surface area contributed by atoms with E-state index in [1.54, 1.807) is 12.1 Å². The molecule has 0 aliphatic heterocycles. The van der Waals surface area contributed by atoms with Gasteiger partial charge in [0.25, 0.3) is 0 Å². The Hall–Kier alpha value is -1.35. The molecule has 2 nitrogen and oxygen atoms in total. The van der Waals surface area contributed by atoms with Gasteiger partial charge < -0.3 is 4.90 Å². The van der Waals surface area contributed by atoms with E-state index in [0.717, 1.165) is 38.8 Å². The number of carbonyl (C=O) groups is 1. The van der Waals surface area contributed by atoms with Gasteiger partial charge in [0.15, 0.2) is 0 Å². The van der Waals surface area contributed by atoms with Crippen LogP contribution in [-0.2, 0) is 4.79 Å². The number of hydrogen-bond donors (Lipinski definition) is 0. The number of hydrogen-bond acceptors (Lipinski definition) is 1. The Kier molecular flexibility index (Phi) is 8.06. The normalized spacial score (nSPS) is 11.0. The molecule has 0 aliphatic carbocycles. The molecule has 21 heavy (non-hydrogen) atoms. The van der Waals surface area contributed by atoms with Crippen molar-refractivity contribution in [2.45, 2.75) is 39.5 Å². The molecular weight excluding hydrogens is 289 g/mol. The van der Waals surface area contributed by atoms with Gasteiger partial charge in [0.05, 0.1) is 5.02 Å². The number of nitrogens with zero attached hydrogens (tertiary/aromatic N) is 1. The van der Waals surface area contributed by atoms with Gasteiger partial charge in [-0.05, 0) is 31.1 Å². The first-order valence-electron chi connectivity index (χ1n) is 7.51. The SMILES string of the molecule is CCCCN(CCCC)C(=O)/C=C/c1c(F)cccc1Cl. The molecule has 0 fully saturated rings. The van der Waals surface area contributed by atoms with Crippen molar-refractivity contribution in [3.63, 3.8) is 0 Å². The van der Waals surface area contributed by atoms with Gasteiger partial charge in [0.2, 0.25) is 5.91 Å². The van der Waals surface area contributed by atoms with E-state index in [1.165, 1.54) is 18.2 Å². The summed E-state index contributed by atoms with van der Waals surface area (Å²) in [4.78, 5) is 14.0. The van der Waals surface area contributed by atoms with Gasteiger partial charge in [-0.1, -0.05) is 44.4 Å². The summed E-state index contributed by atoms with van der Waals surface area (Å²) in [6.07, 6.45) is 6.91. The summed E-state index contributed by atoms with van der Waals surface area (Å²) in [6.45, 7) is 5.67. The highest BCUT2D eigenvalue weighted by atomic mass is 35.5. The first kappa shape index (κ1) is 17.7. The van der Waals surface area contributed by atoms with E-state index in [-0.39, 0.29) is 11.5 Å². The second-order valence-electron chi connectivity index (χ2n) is 5.00. The van der Waals surface area contributed by atoms with Crippen molar-refractivity contribution < 1.29 is 9.18 Å². The maximum absolute atomic E-state index is 13.6. The fraction of sp³-hybridized carbons (Fsp3) is 0.471. The minimum Gasteiger partial charge on any atom is -0.339 e. The van der Waals surface area contributed by atoms with Crippen LogP contribution in [0.1, 0.15) is 45.1 Å². The number of carbonyl (C=O) groups excluding carboxylic acids is 1. The highest BCUT2D eigenvalue weighted by Crippen LogP contribution is 2.20. The maximum Gasteiger partial charge on any atom is 0.246 e. The standard InChI is InChI=1S/C17H23ClFNO/c1-3-5-12-20(13-6-4-2)17(21)11-10-14-15(18)8-7-9-16(14)19/h7-11H,3-6,12-13H2,1-2H3/b11-10+. The number of amides is 1. The highest BCUT2D eigenvalue weighted by molar-refractivity contribution is 6.32. The average Bonchev–Trinajstić information content (AvgIpc) is 2.46. The molecule has 0 heterocycles. The van der Waals surface area contributed by atoms with Crippen LogP contribution < -0.4 is 0 Å². The van der Waals surface area contributed by atoms with Crippen LogP contribution >= 0.6 is 11.6 Å². The predicted molar refractivity (Wildman–Crippen MR) is 86.8 cm³/mol. The zero-order chi connectivity index (χ0) is 15.7. The molecule has 0 aliphatic rings. The Morgan fingerprint density at radius 1 is 1.24 bits per heavy atom. The monoisotopic (exact) mass is 311 g/mol. The summed E-state index contributed by atoms with van der Waals surface area (Å²) in [7, 11) is 0. The van der Waals surface area contributed by atoms with Crippen molar-refractivity contribution in [2.24, 2.45) is 0 Å². The van der Waals surface area contributed by atoms with Crippen molar-refractivity contribution in [1.82, 2.24) is 4.90 Å². The highest BCUT2D eigenvalue weighted by Gasteiger charge is 2.10. The summed E-state index contributed by atoms with van der Waals surface area (Å²) < 4.78 is 13.6. The van der Waals surface area contributed by atoms with E-state index >= 15 is 0 Å². The molecule has 1 amide bonds. The summed E-state index contributed by atoms with van der Waals surface area (Å²) in [5, 5.41) is 0.313. The number of unbranched alkanes of at least 4 members (excludes halogenated alkanes) is 2. The Labute approximate surface area is 131 Å². The third-order valence-electron chi connectivity index (χ3n) is 3.27. The molecule has 4 heteroatoms. The van der Waals surface area contributed by atoms with Crippen LogP contribution in [0.2, 0.25) is 5.02 Å². The summed E-state index contributed by atoms with van der Waals surface area (Å²) in [5.74, 6) is -0.503. The predicted octanol–water partition coefficient (Wildman–Crippen LogP) is 4.92. The van der Waals surface area contributed by atoms with Crippen molar-refractivity contribution in [3.05, 3.63) is 40.7 Å². The lowest BCUT2D eigenvalue weighted by atomic mass is 10.2. The zero-order valence-electron chi connectivity index (χ0n) is 12.7. The van der Waals surface area contributed by atoms with E-state index in [1.807, 2.05) is 4.90 Å². The van der Waals surface area contributed by atoms with E-state index in [2.05, 4.69) is 13.8 Å². The molecule has 116 valence electrons. The number of benzene rings is 1. The van der Waals surface area contributed by atoms with E-state index in [4.69, 9.17) is 11.6 Å². The van der Waals surface area contributed by atoms with Crippen molar-refractivity contribution in [1.29, 1.82) is 0 Å². The second kappa shape index (κ2) is 9.56. The van der Waals surface area contributed by atoms with Crippen LogP contribution in [0.3, 0.4) is 0 Å². The van der Waals surface area contributed by atoms with Crippen LogP contribution in [-0.4, -0.2) is 23.9 Å². The molecule has 1 aromatic carbocycles. The van der Waals surface area contributed by atoms with Crippen LogP contribution in [0.25, 0.3) is 6.08 Å². The Morgan fingerprint density at radius 2 is 1.86 bits per heavy atom. The average molecular weight is 312 g/mol. The van der Waals surface area contributed by atoms with Gasteiger partial charge in [-0.15, -0.1) is 0 Å². The zero-order valence-corrected chi connectivity index (χ0v) is 13.5. The van der Waals surface area contributed by atoms with E-state index < -0.39 is 5.82 Å². The molecule has 0 spiro atoms. The Morgan fingerprint density at radius 3 is 2.38 bits per heavy atom. The smallest absolute Gasteiger partial charge is 0.246 e. The van der Waals surface area contributed by atoms with Crippen LogP contribution in [0, 0.1) is 5.82 Å². The van der Waals surface area contributed by atoms with Gasteiger partial charge in [0, 0.05) is 24.7 Å². The van der Waals surface area contributed by atoms with Crippen molar-refractivity contribution in [3.8, 4) is 0 Å². The lowest BCUT2D eigenvalue weighted by Gasteiger charge is -2.20. The first-order valence-corrected chi connectivity index (χ1v) is 7.89. The molecule has 1 rings (SSSR count). The van der Waals surface area contributed by atoms with Crippen LogP contribution in [0.4, 0.5) is 4.39 Å². The van der Waals surface area contributed by atoms with Gasteiger partial charge >= 0.3 is 0 Å². The molecule has 0 radical (unpaired) electrons. The second-order valence-corrected chi connectivity index (χ2v) is 5.41. The quantitative estimate of drug-likeness (QED) is 0.624. The van der Waals surface area contributed by atoms with E-state index in [0.29, 0.717) is 5.02 Å². The number of halogens is 2. The minimum atomic E-state index is -0.416. The van der Waals surface area contributed by atoms with Crippen LogP contribution in [0.5, 0.6) is 0 Å². The molecule has 0 N–H and O–H groups in total. The first-order chi connectivity index (χ1) is 10.1. The molecule has 0 saturated heterocycles. The summed E-state index contributed by atoms with van der Waals surface area (Å²) in [5.41, 5.74) is 0.262. The molecular formula is C17H23ClFNO. The third kappa shape index (κ3) is 5.88. The van der Waals surface area contributed by atoms with Gasteiger partial charge in [-0.2, -0.15) is 0 Å². The minimum absolute atomic E-state index is 0.0868. The molecule has 0 unspecified atom stereocenters. The fourth-order valence-corrected chi connectivity index (χ4v) is 2.19. The van der Waals surface area contributed by atoms with Gasteiger partial charge in [0.1, 0.15) is 5.82 Å². The summed E-state index contributed by atoms with van der Waals surface area (Å²) >= 11 is 5.94. The molecule has 1 aromatic rings. The summed E-state index contributed by atoms with van der Waals surface area (Å²) in [6, 6.07) is 4.49. The topological polar surface area (TPSA) is 20.3 Å². The Balaban J connectivity index is 2.77. The lowest BCUT2D eigenvalue weighted by molar-refractivity contribution is -0.126. The van der Waals surface area contributed by atoms with Crippen LogP contribution in [0.15, 0.2) is 24.3 Å². The third-order valence-corrected chi connectivity index (χ3v) is 3.60. The number of rotatable bonds is 8. The van der Waals surface area contributed by atoms with Crippen molar-refractivity contribution in [2.75, 3.05) is 13.1 Å². The molecule has 0 saturated carbocycles. The Bertz CT molecular complexity index is 459.